The van der Waals surface area contributed by atoms with Crippen LogP contribution in [0.3, 0.4) is 0 Å². The highest BCUT2D eigenvalue weighted by molar-refractivity contribution is 8.15. The van der Waals surface area contributed by atoms with E-state index in [4.69, 9.17) is 0 Å². The van der Waals surface area contributed by atoms with E-state index in [-0.39, 0.29) is 5.56 Å². The molecule has 0 fully saturated rings. The Hall–Kier alpha value is -1.16. The summed E-state index contributed by atoms with van der Waals surface area (Å²) >= 11 is 1.55. The molecule has 2 unspecified atom stereocenters. The second kappa shape index (κ2) is 6.33. The molecule has 1 aromatic carbocycles. The molecule has 4 heteroatoms. The number of nitrogens with zero attached hydrogens (tertiary/aromatic N) is 1. The summed E-state index contributed by atoms with van der Waals surface area (Å²) in [4.78, 5) is 4.39. The third-order valence-electron chi connectivity index (χ3n) is 3.18. The van der Waals surface area contributed by atoms with Gasteiger partial charge in [0.25, 0.3) is 0 Å². The second-order valence-corrected chi connectivity index (χ2v) is 5.94. The molecule has 2 atom stereocenters. The Labute approximate surface area is 116 Å². The Balaban J connectivity index is 2.23. The second-order valence-electron chi connectivity index (χ2n) is 4.71. The zero-order chi connectivity index (χ0) is 13.8. The van der Waals surface area contributed by atoms with Gasteiger partial charge in [-0.15, -0.1) is 11.8 Å². The van der Waals surface area contributed by atoms with Crippen molar-refractivity contribution in [3.63, 3.8) is 0 Å². The molecule has 0 saturated heterocycles. The van der Waals surface area contributed by atoms with Gasteiger partial charge in [-0.1, -0.05) is 19.1 Å². The Bertz CT molecular complexity index is 511. The van der Waals surface area contributed by atoms with Crippen LogP contribution in [-0.4, -0.2) is 16.8 Å². The van der Waals surface area contributed by atoms with Crippen molar-refractivity contribution in [1.29, 1.82) is 0 Å². The maximum absolute atomic E-state index is 13.8. The summed E-state index contributed by atoms with van der Waals surface area (Å²) in [5.74, 6) is -0.392. The molecule has 0 saturated carbocycles. The molecular formula is C15H17F2NS. The van der Waals surface area contributed by atoms with E-state index in [0.717, 1.165) is 18.6 Å². The van der Waals surface area contributed by atoms with Gasteiger partial charge >= 0.3 is 0 Å². The largest absolute Gasteiger partial charge is 0.277 e. The average Bonchev–Trinajstić information content (AvgIpc) is 2.41. The first kappa shape index (κ1) is 14.3. The minimum Gasteiger partial charge on any atom is -0.277 e. The quantitative estimate of drug-likeness (QED) is 0.747. The maximum Gasteiger partial charge on any atom is 0.133 e. The van der Waals surface area contributed by atoms with Gasteiger partial charge in [0.05, 0.1) is 0 Å². The van der Waals surface area contributed by atoms with Crippen LogP contribution in [0.15, 0.2) is 35.3 Å². The van der Waals surface area contributed by atoms with Crippen LogP contribution in [-0.2, 0) is 0 Å². The van der Waals surface area contributed by atoms with E-state index in [0.29, 0.717) is 22.8 Å². The standard InChI is InChI=1S/C15H17F2NS/c1-3-4-5-14-10(2)9-18-15(19-14)12-8-11(16)6-7-13(12)17/h3-4,6-8,10,14H,5,9H2,1-2H3. The van der Waals surface area contributed by atoms with Gasteiger partial charge in [0.15, 0.2) is 0 Å². The number of rotatable bonds is 3. The van der Waals surface area contributed by atoms with Crippen molar-refractivity contribution in [3.8, 4) is 0 Å². The number of allylic oxidation sites excluding steroid dienone is 2. The highest BCUT2D eigenvalue weighted by Gasteiger charge is 2.25. The molecule has 0 radical (unpaired) electrons. The fourth-order valence-corrected chi connectivity index (χ4v) is 3.25. The Morgan fingerprint density at radius 1 is 1.42 bits per heavy atom. The predicted octanol–water partition coefficient (Wildman–Crippen LogP) is 4.43. The van der Waals surface area contributed by atoms with Crippen LogP contribution in [0.2, 0.25) is 0 Å². The molecule has 0 aliphatic carbocycles. The number of thioether (sulfide) groups is 1. The molecule has 0 amide bonds. The van der Waals surface area contributed by atoms with Crippen molar-refractivity contribution in [2.75, 3.05) is 6.54 Å². The predicted molar refractivity (Wildman–Crippen MR) is 77.7 cm³/mol. The third-order valence-corrected chi connectivity index (χ3v) is 4.72. The first-order valence-electron chi connectivity index (χ1n) is 6.39. The Kier molecular flexibility index (Phi) is 4.75. The van der Waals surface area contributed by atoms with Crippen LogP contribution in [0.5, 0.6) is 0 Å². The molecule has 102 valence electrons. The summed E-state index contributed by atoms with van der Waals surface area (Å²) in [5.41, 5.74) is 0.280. The van der Waals surface area contributed by atoms with Crippen molar-refractivity contribution < 1.29 is 8.78 Å². The first-order valence-corrected chi connectivity index (χ1v) is 7.27. The van der Waals surface area contributed by atoms with Crippen LogP contribution in [0.25, 0.3) is 0 Å². The summed E-state index contributed by atoms with van der Waals surface area (Å²) in [6, 6.07) is 3.52. The van der Waals surface area contributed by atoms with Crippen molar-refractivity contribution >= 4 is 16.8 Å². The van der Waals surface area contributed by atoms with E-state index in [1.54, 1.807) is 11.8 Å². The molecule has 1 aromatic rings. The van der Waals surface area contributed by atoms with E-state index in [1.165, 1.54) is 6.07 Å². The zero-order valence-electron chi connectivity index (χ0n) is 11.1. The smallest absolute Gasteiger partial charge is 0.133 e. The first-order chi connectivity index (χ1) is 9.11. The summed E-state index contributed by atoms with van der Waals surface area (Å²) in [5, 5.41) is 0.982. The number of aliphatic imine (C=N–C) groups is 1. The number of benzene rings is 1. The molecule has 1 heterocycles. The molecule has 0 aromatic heterocycles. The van der Waals surface area contributed by atoms with Crippen LogP contribution in [0.1, 0.15) is 25.8 Å². The van der Waals surface area contributed by atoms with Gasteiger partial charge in [0, 0.05) is 17.4 Å². The molecule has 19 heavy (non-hydrogen) atoms. The molecule has 0 spiro atoms. The molecule has 0 bridgehead atoms. The van der Waals surface area contributed by atoms with E-state index in [1.807, 2.05) is 13.0 Å². The van der Waals surface area contributed by atoms with Crippen LogP contribution in [0.4, 0.5) is 8.78 Å². The fourth-order valence-electron chi connectivity index (χ4n) is 2.00. The van der Waals surface area contributed by atoms with Crippen molar-refractivity contribution in [2.45, 2.75) is 25.5 Å². The lowest BCUT2D eigenvalue weighted by atomic mass is 10.0. The van der Waals surface area contributed by atoms with Gasteiger partial charge in [-0.3, -0.25) is 4.99 Å². The van der Waals surface area contributed by atoms with Gasteiger partial charge in [0.1, 0.15) is 16.7 Å². The SMILES string of the molecule is CC=CCC1SC(c2cc(F)ccc2F)=NCC1C. The Morgan fingerprint density at radius 2 is 2.21 bits per heavy atom. The monoisotopic (exact) mass is 281 g/mol. The van der Waals surface area contributed by atoms with E-state index >= 15 is 0 Å². The molecule has 2 rings (SSSR count). The summed E-state index contributed by atoms with van der Waals surface area (Å²) in [6.45, 7) is 4.79. The average molecular weight is 281 g/mol. The molecule has 1 aliphatic heterocycles. The van der Waals surface area contributed by atoms with Crippen molar-refractivity contribution in [1.82, 2.24) is 0 Å². The van der Waals surface area contributed by atoms with Crippen LogP contribution < -0.4 is 0 Å². The highest BCUT2D eigenvalue weighted by atomic mass is 32.2. The van der Waals surface area contributed by atoms with Crippen LogP contribution >= 0.6 is 11.8 Å². The van der Waals surface area contributed by atoms with Crippen molar-refractivity contribution in [3.05, 3.63) is 47.5 Å². The van der Waals surface area contributed by atoms with E-state index in [9.17, 15) is 8.78 Å². The maximum atomic E-state index is 13.8. The molecular weight excluding hydrogens is 264 g/mol. The third kappa shape index (κ3) is 3.44. The molecule has 1 nitrogen and oxygen atoms in total. The number of hydrogen-bond acceptors (Lipinski definition) is 2. The molecule has 1 aliphatic rings. The van der Waals surface area contributed by atoms with Gasteiger partial charge in [-0.25, -0.2) is 8.78 Å². The van der Waals surface area contributed by atoms with E-state index < -0.39 is 11.6 Å². The van der Waals surface area contributed by atoms with Crippen LogP contribution in [0, 0.1) is 17.6 Å². The number of hydrogen-bond donors (Lipinski definition) is 0. The minimum absolute atomic E-state index is 0.280. The van der Waals surface area contributed by atoms with Gasteiger partial charge < -0.3 is 0 Å². The highest BCUT2D eigenvalue weighted by Crippen LogP contribution is 2.32. The summed E-state index contributed by atoms with van der Waals surface area (Å²) < 4.78 is 27.0. The topological polar surface area (TPSA) is 12.4 Å². The fraction of sp³-hybridized carbons (Fsp3) is 0.400. The van der Waals surface area contributed by atoms with Crippen molar-refractivity contribution in [2.24, 2.45) is 10.9 Å². The lowest BCUT2D eigenvalue weighted by Crippen LogP contribution is -2.24. The summed E-state index contributed by atoms with van der Waals surface area (Å²) in [6.07, 6.45) is 5.05. The lowest BCUT2D eigenvalue weighted by Gasteiger charge is -2.26. The normalized spacial score (nSPS) is 23.7. The summed E-state index contributed by atoms with van der Waals surface area (Å²) in [7, 11) is 0. The zero-order valence-corrected chi connectivity index (χ0v) is 11.9. The molecule has 0 N–H and O–H groups in total. The van der Waals surface area contributed by atoms with Gasteiger partial charge in [-0.2, -0.15) is 0 Å². The van der Waals surface area contributed by atoms with Gasteiger partial charge in [-0.05, 0) is 37.5 Å². The number of halogens is 2. The Morgan fingerprint density at radius 3 is 2.95 bits per heavy atom. The van der Waals surface area contributed by atoms with Gasteiger partial charge in [0.2, 0.25) is 0 Å². The minimum atomic E-state index is -0.427. The lowest BCUT2D eigenvalue weighted by molar-refractivity contribution is 0.563. The van der Waals surface area contributed by atoms with E-state index in [2.05, 4.69) is 18.0 Å².